The zero-order chi connectivity index (χ0) is 15.7. The minimum atomic E-state index is -0.0201. The van der Waals surface area contributed by atoms with Gasteiger partial charge in [0.2, 0.25) is 0 Å². The maximum Gasteiger partial charge on any atom is 0.260 e. The Labute approximate surface area is 132 Å². The number of alkyl halides is 1. The summed E-state index contributed by atoms with van der Waals surface area (Å²) in [7, 11) is 1.60. The van der Waals surface area contributed by atoms with E-state index in [1.54, 1.807) is 12.0 Å². The summed E-state index contributed by atoms with van der Waals surface area (Å²) in [5.74, 6) is 1.86. The molecule has 0 aliphatic heterocycles. The molecule has 1 rings (SSSR count). The van der Waals surface area contributed by atoms with Crippen LogP contribution in [0.5, 0.6) is 11.5 Å². The molecule has 0 unspecified atom stereocenters. The molecule has 0 bridgehead atoms. The van der Waals surface area contributed by atoms with Gasteiger partial charge in [-0.1, -0.05) is 6.07 Å². The minimum Gasteiger partial charge on any atom is -0.493 e. The van der Waals surface area contributed by atoms with E-state index in [4.69, 9.17) is 21.1 Å². The second-order valence-corrected chi connectivity index (χ2v) is 5.01. The van der Waals surface area contributed by atoms with Crippen molar-refractivity contribution < 1.29 is 14.3 Å². The summed E-state index contributed by atoms with van der Waals surface area (Å²) < 4.78 is 10.9. The second kappa shape index (κ2) is 9.50. The second-order valence-electron chi connectivity index (χ2n) is 4.63. The van der Waals surface area contributed by atoms with Crippen molar-refractivity contribution in [2.75, 3.05) is 32.7 Å². The number of rotatable bonds is 9. The highest BCUT2D eigenvalue weighted by Gasteiger charge is 2.12. The summed E-state index contributed by atoms with van der Waals surface area (Å²) >= 11 is 5.70. The zero-order valence-corrected chi connectivity index (χ0v) is 13.8. The van der Waals surface area contributed by atoms with Gasteiger partial charge in [0, 0.05) is 19.0 Å². The van der Waals surface area contributed by atoms with Crippen molar-refractivity contribution in [1.82, 2.24) is 4.90 Å². The Morgan fingerprint density at radius 3 is 2.52 bits per heavy atom. The van der Waals surface area contributed by atoms with Crippen molar-refractivity contribution in [2.24, 2.45) is 0 Å². The van der Waals surface area contributed by atoms with Crippen LogP contribution in [0.15, 0.2) is 18.2 Å². The third-order valence-corrected chi connectivity index (χ3v) is 3.56. The van der Waals surface area contributed by atoms with Gasteiger partial charge in [0.15, 0.2) is 18.1 Å². The van der Waals surface area contributed by atoms with E-state index in [9.17, 15) is 4.79 Å². The van der Waals surface area contributed by atoms with Crippen LogP contribution < -0.4 is 9.47 Å². The number of aryl methyl sites for hydroxylation is 1. The zero-order valence-electron chi connectivity index (χ0n) is 13.0. The molecule has 0 N–H and O–H groups in total. The van der Waals surface area contributed by atoms with Crippen LogP contribution in [0.25, 0.3) is 0 Å². The van der Waals surface area contributed by atoms with E-state index >= 15 is 0 Å². The van der Waals surface area contributed by atoms with E-state index in [1.165, 1.54) is 0 Å². The lowest BCUT2D eigenvalue weighted by atomic mass is 10.1. The highest BCUT2D eigenvalue weighted by molar-refractivity contribution is 6.17. The Hall–Kier alpha value is -1.42. The Bertz CT molecular complexity index is 447. The number of likely N-dealkylation sites (N-methyl/N-ethyl adjacent to an activating group) is 1. The molecule has 1 aromatic carbocycles. The van der Waals surface area contributed by atoms with E-state index in [0.717, 1.165) is 18.4 Å². The fourth-order valence-corrected chi connectivity index (χ4v) is 2.20. The fraction of sp³-hybridized carbons (Fsp3) is 0.562. The number of halogens is 1. The summed E-state index contributed by atoms with van der Waals surface area (Å²) in [6.07, 6.45) is 1.82. The number of carbonyl (C=O) groups excluding carboxylic acids is 1. The van der Waals surface area contributed by atoms with Gasteiger partial charge in [0.05, 0.1) is 7.11 Å². The molecule has 0 radical (unpaired) electrons. The number of hydrogen-bond acceptors (Lipinski definition) is 3. The van der Waals surface area contributed by atoms with E-state index in [1.807, 2.05) is 32.0 Å². The molecule has 0 spiro atoms. The molecule has 0 saturated carbocycles. The average molecular weight is 314 g/mol. The van der Waals surface area contributed by atoms with E-state index < -0.39 is 0 Å². The van der Waals surface area contributed by atoms with Gasteiger partial charge in [-0.25, -0.2) is 0 Å². The molecule has 0 heterocycles. The first-order valence-corrected chi connectivity index (χ1v) is 7.83. The quantitative estimate of drug-likeness (QED) is 0.658. The Kier molecular flexibility index (Phi) is 7.98. The fourth-order valence-electron chi connectivity index (χ4n) is 2.06. The van der Waals surface area contributed by atoms with Crippen LogP contribution in [0.4, 0.5) is 0 Å². The molecule has 5 heteroatoms. The van der Waals surface area contributed by atoms with Gasteiger partial charge in [0.1, 0.15) is 0 Å². The van der Waals surface area contributed by atoms with Crippen LogP contribution in [-0.2, 0) is 11.2 Å². The molecule has 21 heavy (non-hydrogen) atoms. The van der Waals surface area contributed by atoms with Crippen LogP contribution in [0.3, 0.4) is 0 Å². The van der Waals surface area contributed by atoms with Crippen molar-refractivity contribution in [3.05, 3.63) is 23.8 Å². The molecule has 0 aliphatic rings. The van der Waals surface area contributed by atoms with Crippen molar-refractivity contribution in [2.45, 2.75) is 26.7 Å². The molecule has 0 saturated heterocycles. The third-order valence-electron chi connectivity index (χ3n) is 3.29. The number of methoxy groups -OCH3 is 1. The van der Waals surface area contributed by atoms with Gasteiger partial charge in [0.25, 0.3) is 5.91 Å². The molecule has 1 amide bonds. The van der Waals surface area contributed by atoms with Crippen molar-refractivity contribution in [3.63, 3.8) is 0 Å². The topological polar surface area (TPSA) is 38.8 Å². The molecule has 1 aromatic rings. The molecule has 0 aliphatic carbocycles. The van der Waals surface area contributed by atoms with Gasteiger partial charge in [-0.3, -0.25) is 4.79 Å². The highest BCUT2D eigenvalue weighted by atomic mass is 35.5. The first-order chi connectivity index (χ1) is 10.2. The van der Waals surface area contributed by atoms with E-state index in [0.29, 0.717) is 30.5 Å². The first kappa shape index (κ1) is 17.6. The SMILES string of the molecule is CCN(CC)C(=O)COc1ccc(CCCCl)cc1OC. The normalized spacial score (nSPS) is 10.3. The van der Waals surface area contributed by atoms with Crippen LogP contribution in [-0.4, -0.2) is 43.5 Å². The number of amides is 1. The number of nitrogens with zero attached hydrogens (tertiary/aromatic N) is 1. The lowest BCUT2D eigenvalue weighted by Gasteiger charge is -2.19. The van der Waals surface area contributed by atoms with Gasteiger partial charge in [-0.2, -0.15) is 0 Å². The lowest BCUT2D eigenvalue weighted by molar-refractivity contribution is -0.132. The van der Waals surface area contributed by atoms with Gasteiger partial charge in [-0.15, -0.1) is 11.6 Å². The molecular weight excluding hydrogens is 290 g/mol. The van der Waals surface area contributed by atoms with Gasteiger partial charge >= 0.3 is 0 Å². The number of ether oxygens (including phenoxy) is 2. The molecule has 0 atom stereocenters. The Morgan fingerprint density at radius 1 is 1.24 bits per heavy atom. The molecular formula is C16H24ClNO3. The lowest BCUT2D eigenvalue weighted by Crippen LogP contribution is -2.34. The molecule has 4 nitrogen and oxygen atoms in total. The van der Waals surface area contributed by atoms with E-state index in [-0.39, 0.29) is 12.5 Å². The number of benzene rings is 1. The van der Waals surface area contributed by atoms with Crippen molar-refractivity contribution in [1.29, 1.82) is 0 Å². The summed E-state index contributed by atoms with van der Waals surface area (Å²) in [5, 5.41) is 0. The van der Waals surface area contributed by atoms with Crippen LogP contribution in [0.1, 0.15) is 25.8 Å². The standard InChI is InChI=1S/C16H24ClNO3/c1-4-18(5-2)16(19)12-21-14-9-8-13(7-6-10-17)11-15(14)20-3/h8-9,11H,4-7,10,12H2,1-3H3. The number of hydrogen-bond donors (Lipinski definition) is 0. The predicted octanol–water partition coefficient (Wildman–Crippen LogP) is 3.11. The van der Waals surface area contributed by atoms with Crippen LogP contribution in [0, 0.1) is 0 Å². The van der Waals surface area contributed by atoms with Crippen molar-refractivity contribution >= 4 is 17.5 Å². The summed E-state index contributed by atoms with van der Waals surface area (Å²) in [5.41, 5.74) is 1.15. The largest absolute Gasteiger partial charge is 0.493 e. The van der Waals surface area contributed by atoms with Gasteiger partial charge in [-0.05, 0) is 44.4 Å². The molecule has 0 fully saturated rings. The average Bonchev–Trinajstić information content (AvgIpc) is 2.52. The molecule has 118 valence electrons. The van der Waals surface area contributed by atoms with Crippen LogP contribution >= 0.6 is 11.6 Å². The van der Waals surface area contributed by atoms with Gasteiger partial charge < -0.3 is 14.4 Å². The highest BCUT2D eigenvalue weighted by Crippen LogP contribution is 2.28. The van der Waals surface area contributed by atoms with E-state index in [2.05, 4.69) is 0 Å². The minimum absolute atomic E-state index is 0.0201. The number of carbonyl (C=O) groups is 1. The maximum absolute atomic E-state index is 11.9. The smallest absolute Gasteiger partial charge is 0.260 e. The summed E-state index contributed by atoms with van der Waals surface area (Å²) in [6.45, 7) is 5.31. The summed E-state index contributed by atoms with van der Waals surface area (Å²) in [6, 6.07) is 5.76. The molecule has 0 aromatic heterocycles. The van der Waals surface area contributed by atoms with Crippen molar-refractivity contribution in [3.8, 4) is 11.5 Å². The first-order valence-electron chi connectivity index (χ1n) is 7.29. The monoisotopic (exact) mass is 313 g/mol. The predicted molar refractivity (Wildman–Crippen MR) is 85.5 cm³/mol. The maximum atomic E-state index is 11.9. The Balaban J connectivity index is 2.68. The third kappa shape index (κ3) is 5.46. The summed E-state index contributed by atoms with van der Waals surface area (Å²) in [4.78, 5) is 13.7. The Morgan fingerprint density at radius 2 is 1.95 bits per heavy atom. The van der Waals surface area contributed by atoms with Crippen LogP contribution in [0.2, 0.25) is 0 Å².